The molecule has 0 spiro atoms. The molecular weight excluding hydrogens is 616 g/mol. The summed E-state index contributed by atoms with van der Waals surface area (Å²) in [7, 11) is 0. The van der Waals surface area contributed by atoms with Gasteiger partial charge in [-0.25, -0.2) is 0 Å². The van der Waals surface area contributed by atoms with Gasteiger partial charge in [-0.3, -0.25) is 24.0 Å². The molecule has 0 saturated carbocycles. The quantitative estimate of drug-likeness (QED) is 0.144. The topological polar surface area (TPSA) is 160 Å². The minimum Gasteiger partial charge on any atom is -0.463 e. The summed E-state index contributed by atoms with van der Waals surface area (Å²) in [4.78, 5) is 62.1. The third kappa shape index (κ3) is 6.83. The lowest BCUT2D eigenvalue weighted by atomic mass is 9.89. The van der Waals surface area contributed by atoms with E-state index in [1.54, 1.807) is 13.0 Å². The van der Waals surface area contributed by atoms with Gasteiger partial charge in [-0.1, -0.05) is 54.7 Å². The molecule has 3 aromatic rings. The predicted octanol–water partition coefficient (Wildman–Crippen LogP) is 4.68. The van der Waals surface area contributed by atoms with E-state index in [4.69, 9.17) is 35.9 Å². The molecule has 240 valence electrons. The molecule has 1 saturated heterocycles. The van der Waals surface area contributed by atoms with Gasteiger partial charge >= 0.3 is 23.9 Å². The Labute approximate surface area is 269 Å². The molecule has 1 aliphatic rings. The molecule has 4 rings (SSSR count). The van der Waals surface area contributed by atoms with Crippen molar-refractivity contribution in [2.75, 3.05) is 6.61 Å². The van der Waals surface area contributed by atoms with E-state index in [1.165, 1.54) is 11.5 Å². The van der Waals surface area contributed by atoms with Gasteiger partial charge in [0.2, 0.25) is 0 Å². The van der Waals surface area contributed by atoms with Crippen molar-refractivity contribution in [3.63, 3.8) is 0 Å². The smallest absolute Gasteiger partial charge is 0.303 e. The lowest BCUT2D eigenvalue weighted by molar-refractivity contribution is -0.269. The molecule has 5 atom stereocenters. The normalized spacial score (nSPS) is 20.7. The van der Waals surface area contributed by atoms with Gasteiger partial charge in [0, 0.05) is 44.5 Å². The molecule has 0 aliphatic carbocycles. The number of hydrogen-bond acceptors (Lipinski definition) is 12. The summed E-state index contributed by atoms with van der Waals surface area (Å²) in [5.74, 6) is -3.46. The fourth-order valence-corrected chi connectivity index (χ4v) is 6.16. The van der Waals surface area contributed by atoms with Gasteiger partial charge in [-0.15, -0.1) is 0 Å². The standard InChI is InChI=1S/C33H32N2O10S/c1-16-27(17(2)36)28(24-13-9-11-22-10-7-8-12-23(22)24)25(14-34)33(46)35(16)32-31(44-21(6)40)30(43-20(5)39)29(42-19(4)38)26(45-32)15-41-18(3)37/h7-13,26,29-32H,15H2,1-6H3/t26-,29+,30+,31+,32+/m0/s1. The minimum atomic E-state index is -1.50. The Bertz CT molecular complexity index is 1840. The number of Topliss-reactive ketones (excluding diaryl/α,β-unsaturated/α-hetero) is 1. The van der Waals surface area contributed by atoms with Crippen molar-refractivity contribution in [2.24, 2.45) is 0 Å². The fraction of sp³-hybridized carbons (Fsp3) is 0.364. The number of esters is 4. The maximum absolute atomic E-state index is 13.4. The van der Waals surface area contributed by atoms with Gasteiger partial charge in [0.15, 0.2) is 30.3 Å². The van der Waals surface area contributed by atoms with Crippen LogP contribution in [0.1, 0.15) is 62.5 Å². The Kier molecular flexibility index (Phi) is 10.3. The number of nitrogens with zero attached hydrogens (tertiary/aromatic N) is 2. The van der Waals surface area contributed by atoms with Crippen LogP contribution in [0, 0.1) is 22.9 Å². The van der Waals surface area contributed by atoms with Gasteiger partial charge < -0.3 is 28.3 Å². The summed E-state index contributed by atoms with van der Waals surface area (Å²) in [5.41, 5.74) is 1.28. The van der Waals surface area contributed by atoms with Gasteiger partial charge in [0.05, 0.1) is 5.56 Å². The lowest BCUT2D eigenvalue weighted by Gasteiger charge is -2.45. The van der Waals surface area contributed by atoms with Crippen molar-refractivity contribution < 1.29 is 47.7 Å². The molecule has 0 N–H and O–H groups in total. The summed E-state index contributed by atoms with van der Waals surface area (Å²) in [6, 6.07) is 15.1. The highest BCUT2D eigenvalue weighted by Gasteiger charge is 2.53. The van der Waals surface area contributed by atoms with Crippen LogP contribution >= 0.6 is 12.2 Å². The number of pyridine rings is 1. The van der Waals surface area contributed by atoms with Crippen LogP contribution in [0.5, 0.6) is 0 Å². The van der Waals surface area contributed by atoms with E-state index in [2.05, 4.69) is 6.07 Å². The van der Waals surface area contributed by atoms with Crippen molar-refractivity contribution in [1.29, 1.82) is 5.26 Å². The largest absolute Gasteiger partial charge is 0.463 e. The number of ketones is 1. The molecule has 1 fully saturated rings. The second kappa shape index (κ2) is 14.0. The van der Waals surface area contributed by atoms with Crippen molar-refractivity contribution >= 4 is 52.7 Å². The van der Waals surface area contributed by atoms with Crippen LogP contribution in [0.3, 0.4) is 0 Å². The highest BCUT2D eigenvalue weighted by molar-refractivity contribution is 7.71. The first kappa shape index (κ1) is 34.0. The monoisotopic (exact) mass is 648 g/mol. The van der Waals surface area contributed by atoms with E-state index in [-0.39, 0.29) is 21.5 Å². The Hall–Kier alpha value is -4.93. The third-order valence-corrected chi connectivity index (χ3v) is 7.80. The number of hydrogen-bond donors (Lipinski definition) is 0. The van der Waals surface area contributed by atoms with Crippen LogP contribution in [0.25, 0.3) is 21.9 Å². The van der Waals surface area contributed by atoms with Gasteiger partial charge in [0.1, 0.15) is 23.4 Å². The van der Waals surface area contributed by atoms with E-state index in [1.807, 2.05) is 36.4 Å². The first-order chi connectivity index (χ1) is 21.8. The maximum atomic E-state index is 13.4. The molecule has 1 aliphatic heterocycles. The zero-order valence-corrected chi connectivity index (χ0v) is 26.8. The third-order valence-electron chi connectivity index (χ3n) is 7.40. The number of carbonyl (C=O) groups is 5. The number of aromatic nitrogens is 1. The SMILES string of the molecule is CC(=O)OC[C@@H]1O[C@@H](n2c(C)c(C(C)=O)c(-c3cccc4ccccc34)c(C#N)c2=S)[C@H](OC(C)=O)[C@H](OC(C)=O)[C@@H]1OC(C)=O. The molecule has 0 amide bonds. The summed E-state index contributed by atoms with van der Waals surface area (Å²) < 4.78 is 29.5. The average Bonchev–Trinajstić information content (AvgIpc) is 2.97. The number of nitriles is 1. The molecule has 0 unspecified atom stereocenters. The van der Waals surface area contributed by atoms with E-state index in [9.17, 15) is 29.2 Å². The summed E-state index contributed by atoms with van der Waals surface area (Å²) in [6.45, 7) is 6.99. The Balaban J connectivity index is 2.06. The maximum Gasteiger partial charge on any atom is 0.303 e. The molecule has 1 aromatic heterocycles. The zero-order chi connectivity index (χ0) is 33.9. The van der Waals surface area contributed by atoms with E-state index >= 15 is 0 Å². The Morgan fingerprint density at radius 1 is 0.848 bits per heavy atom. The van der Waals surface area contributed by atoms with Crippen LogP contribution in [0.4, 0.5) is 0 Å². The van der Waals surface area contributed by atoms with Crippen molar-refractivity contribution in [1.82, 2.24) is 4.57 Å². The molecule has 0 radical (unpaired) electrons. The Morgan fingerprint density at radius 3 is 2.02 bits per heavy atom. The van der Waals surface area contributed by atoms with E-state index in [0.717, 1.165) is 38.5 Å². The highest BCUT2D eigenvalue weighted by Crippen LogP contribution is 2.41. The van der Waals surface area contributed by atoms with Crippen LogP contribution in [0.2, 0.25) is 0 Å². The van der Waals surface area contributed by atoms with Gasteiger partial charge in [-0.2, -0.15) is 5.26 Å². The number of ether oxygens (including phenoxy) is 5. The average molecular weight is 649 g/mol. The predicted molar refractivity (Wildman–Crippen MR) is 165 cm³/mol. The van der Waals surface area contributed by atoms with E-state index in [0.29, 0.717) is 11.1 Å². The second-order valence-corrected chi connectivity index (χ2v) is 11.1. The fourth-order valence-electron chi connectivity index (χ4n) is 5.77. The molecule has 12 nitrogen and oxygen atoms in total. The van der Waals surface area contributed by atoms with Crippen LogP contribution in [-0.4, -0.2) is 65.3 Å². The van der Waals surface area contributed by atoms with Crippen molar-refractivity contribution in [3.05, 3.63) is 63.9 Å². The number of fused-ring (bicyclic) bond motifs is 1. The van der Waals surface area contributed by atoms with Crippen molar-refractivity contribution in [3.8, 4) is 17.2 Å². The van der Waals surface area contributed by atoms with Crippen LogP contribution in [-0.2, 0) is 42.9 Å². The minimum absolute atomic E-state index is 0.0324. The van der Waals surface area contributed by atoms with Gasteiger partial charge in [0.25, 0.3) is 0 Å². The molecule has 0 bridgehead atoms. The molecule has 2 aromatic carbocycles. The molecular formula is C33H32N2O10S. The van der Waals surface area contributed by atoms with Gasteiger partial charge in [-0.05, 0) is 30.2 Å². The summed E-state index contributed by atoms with van der Waals surface area (Å²) in [6.07, 6.45) is -7.08. The van der Waals surface area contributed by atoms with Crippen LogP contribution < -0.4 is 0 Å². The first-order valence-electron chi connectivity index (χ1n) is 14.3. The summed E-state index contributed by atoms with van der Waals surface area (Å²) in [5, 5.41) is 12.2. The molecule has 13 heteroatoms. The Morgan fingerprint density at radius 2 is 1.43 bits per heavy atom. The first-order valence-corrected chi connectivity index (χ1v) is 14.7. The zero-order valence-electron chi connectivity index (χ0n) is 26.0. The van der Waals surface area contributed by atoms with Crippen LogP contribution in [0.15, 0.2) is 42.5 Å². The lowest BCUT2D eigenvalue weighted by Crippen LogP contribution is -2.60. The highest BCUT2D eigenvalue weighted by atomic mass is 32.1. The van der Waals surface area contributed by atoms with Crippen molar-refractivity contribution in [2.45, 2.75) is 72.2 Å². The number of carbonyl (C=O) groups excluding carboxylic acids is 5. The number of benzene rings is 2. The van der Waals surface area contributed by atoms with E-state index < -0.39 is 66.9 Å². The number of rotatable bonds is 8. The molecule has 2 heterocycles. The summed E-state index contributed by atoms with van der Waals surface area (Å²) >= 11 is 5.88. The second-order valence-electron chi connectivity index (χ2n) is 10.7. The molecule has 46 heavy (non-hydrogen) atoms.